The summed E-state index contributed by atoms with van der Waals surface area (Å²) in [6, 6.07) is -0.0254. The van der Waals surface area contributed by atoms with Gasteiger partial charge >= 0.3 is 0 Å². The van der Waals surface area contributed by atoms with Crippen LogP contribution < -0.4 is 10.6 Å². The molecule has 0 aromatic heterocycles. The summed E-state index contributed by atoms with van der Waals surface area (Å²) in [4.78, 5) is 27.7. The van der Waals surface area contributed by atoms with Gasteiger partial charge in [-0.15, -0.1) is 12.4 Å². The highest BCUT2D eigenvalue weighted by atomic mass is 35.5. The van der Waals surface area contributed by atoms with Crippen molar-refractivity contribution in [3.63, 3.8) is 0 Å². The second-order valence-electron chi connectivity index (χ2n) is 6.97. The van der Waals surface area contributed by atoms with Gasteiger partial charge in [-0.25, -0.2) is 0 Å². The van der Waals surface area contributed by atoms with E-state index in [0.717, 1.165) is 32.2 Å². The third-order valence-corrected chi connectivity index (χ3v) is 5.64. The van der Waals surface area contributed by atoms with Gasteiger partial charge in [0.1, 0.15) is 5.54 Å². The number of nitrogens with zero attached hydrogens (tertiary/aromatic N) is 1. The first-order valence-corrected chi connectivity index (χ1v) is 9.12. The van der Waals surface area contributed by atoms with Gasteiger partial charge in [-0.3, -0.25) is 14.5 Å². The van der Waals surface area contributed by atoms with Crippen LogP contribution in [0.15, 0.2) is 0 Å². The molecule has 0 radical (unpaired) electrons. The predicted octanol–water partition coefficient (Wildman–Crippen LogP) is 0.463. The molecule has 0 aromatic carbocycles. The van der Waals surface area contributed by atoms with Gasteiger partial charge < -0.3 is 20.1 Å². The van der Waals surface area contributed by atoms with Crippen LogP contribution in [-0.4, -0.2) is 74.4 Å². The topological polar surface area (TPSA) is 79.9 Å². The van der Waals surface area contributed by atoms with E-state index in [1.807, 2.05) is 0 Å². The maximum Gasteiger partial charge on any atom is 0.240 e. The van der Waals surface area contributed by atoms with Gasteiger partial charge in [0.2, 0.25) is 11.8 Å². The van der Waals surface area contributed by atoms with E-state index in [1.165, 1.54) is 0 Å². The Morgan fingerprint density at radius 2 is 1.68 bits per heavy atom. The molecule has 25 heavy (non-hydrogen) atoms. The van der Waals surface area contributed by atoms with E-state index >= 15 is 0 Å². The summed E-state index contributed by atoms with van der Waals surface area (Å²) < 4.78 is 10.8. The Morgan fingerprint density at radius 1 is 1.04 bits per heavy atom. The van der Waals surface area contributed by atoms with Crippen LogP contribution in [0.2, 0.25) is 0 Å². The Kier molecular flexibility index (Phi) is 7.49. The van der Waals surface area contributed by atoms with Crippen LogP contribution in [0.5, 0.6) is 0 Å². The molecular weight excluding hydrogens is 346 g/mol. The van der Waals surface area contributed by atoms with Crippen molar-refractivity contribution in [3.8, 4) is 0 Å². The van der Waals surface area contributed by atoms with E-state index in [1.54, 1.807) is 7.05 Å². The number of hydrogen-bond donors (Lipinski definition) is 2. The zero-order valence-electron chi connectivity index (χ0n) is 14.9. The minimum atomic E-state index is -0.610. The molecule has 3 aliphatic rings. The van der Waals surface area contributed by atoms with Gasteiger partial charge in [0.15, 0.2) is 0 Å². The molecular formula is C17H30ClN3O4. The molecule has 0 saturated carbocycles. The maximum absolute atomic E-state index is 12.9. The van der Waals surface area contributed by atoms with Crippen molar-refractivity contribution in [2.45, 2.75) is 56.1 Å². The van der Waals surface area contributed by atoms with Gasteiger partial charge in [-0.05, 0) is 38.5 Å². The average molecular weight is 376 g/mol. The van der Waals surface area contributed by atoms with E-state index in [9.17, 15) is 9.59 Å². The van der Waals surface area contributed by atoms with Crippen molar-refractivity contribution in [1.29, 1.82) is 0 Å². The molecule has 0 bridgehead atoms. The van der Waals surface area contributed by atoms with Gasteiger partial charge in [0.05, 0.1) is 6.04 Å². The van der Waals surface area contributed by atoms with Gasteiger partial charge in [-0.2, -0.15) is 0 Å². The highest BCUT2D eigenvalue weighted by Crippen LogP contribution is 2.35. The van der Waals surface area contributed by atoms with Gasteiger partial charge in [0, 0.05) is 46.1 Å². The molecule has 0 unspecified atom stereocenters. The summed E-state index contributed by atoms with van der Waals surface area (Å²) in [6.45, 7) is 3.34. The zero-order chi connectivity index (χ0) is 17.0. The summed E-state index contributed by atoms with van der Waals surface area (Å²) in [7, 11) is 1.67. The molecule has 3 heterocycles. The number of hydrogen-bond acceptors (Lipinski definition) is 5. The van der Waals surface area contributed by atoms with Crippen molar-refractivity contribution in [1.82, 2.24) is 15.5 Å². The molecule has 0 aromatic rings. The molecule has 7 nitrogen and oxygen atoms in total. The molecule has 3 aliphatic heterocycles. The lowest BCUT2D eigenvalue weighted by atomic mass is 9.86. The Hall–Kier alpha value is -0.890. The monoisotopic (exact) mass is 375 g/mol. The molecule has 0 aliphatic carbocycles. The second-order valence-corrected chi connectivity index (χ2v) is 6.97. The number of nitrogens with one attached hydrogen (secondary N) is 2. The van der Waals surface area contributed by atoms with Gasteiger partial charge in [0.25, 0.3) is 0 Å². The number of carbonyl (C=O) groups is 2. The molecule has 2 N–H and O–H groups in total. The van der Waals surface area contributed by atoms with Crippen LogP contribution in [0.1, 0.15) is 38.5 Å². The average Bonchev–Trinajstić information content (AvgIpc) is 3.13. The lowest BCUT2D eigenvalue weighted by Gasteiger charge is -2.45. The van der Waals surface area contributed by atoms with E-state index in [-0.39, 0.29) is 36.3 Å². The lowest BCUT2D eigenvalue weighted by Crippen LogP contribution is -2.64. The fourth-order valence-corrected chi connectivity index (χ4v) is 4.28. The Balaban J connectivity index is 0.00000225. The number of ether oxygens (including phenoxy) is 2. The first-order valence-electron chi connectivity index (χ1n) is 9.12. The SMILES string of the molecule is CNC(=O)C1(N2CCC[C@H]2C(=O)NC2CCOCC2)CCOCC1.Cl. The lowest BCUT2D eigenvalue weighted by molar-refractivity contribution is -0.145. The summed E-state index contributed by atoms with van der Waals surface area (Å²) >= 11 is 0. The molecule has 144 valence electrons. The number of likely N-dealkylation sites (N-methyl/N-ethyl adjacent to an activating group) is 1. The first kappa shape index (κ1) is 20.4. The fraction of sp³-hybridized carbons (Fsp3) is 0.882. The van der Waals surface area contributed by atoms with Crippen molar-refractivity contribution in [2.75, 3.05) is 40.0 Å². The molecule has 0 spiro atoms. The third-order valence-electron chi connectivity index (χ3n) is 5.64. The molecule has 1 atom stereocenters. The largest absolute Gasteiger partial charge is 0.381 e. The smallest absolute Gasteiger partial charge is 0.240 e. The van der Waals surface area contributed by atoms with Crippen molar-refractivity contribution in [2.24, 2.45) is 0 Å². The van der Waals surface area contributed by atoms with Crippen LogP contribution >= 0.6 is 12.4 Å². The van der Waals surface area contributed by atoms with Crippen LogP contribution in [0, 0.1) is 0 Å². The maximum atomic E-state index is 12.9. The van der Waals surface area contributed by atoms with Crippen LogP contribution in [0.25, 0.3) is 0 Å². The van der Waals surface area contributed by atoms with E-state index in [0.29, 0.717) is 39.3 Å². The summed E-state index contributed by atoms with van der Waals surface area (Å²) in [6.07, 6.45) is 4.79. The quantitative estimate of drug-likeness (QED) is 0.746. The normalized spacial score (nSPS) is 27.3. The number of halogens is 1. The molecule has 3 fully saturated rings. The number of carbonyl (C=O) groups excluding carboxylic acids is 2. The van der Waals surface area contributed by atoms with Gasteiger partial charge in [-0.1, -0.05) is 0 Å². The minimum absolute atomic E-state index is 0. The van der Waals surface area contributed by atoms with Crippen LogP contribution in [0.3, 0.4) is 0 Å². The standard InChI is InChI=1S/C17H29N3O4.ClH/c1-18-16(22)17(6-11-24-12-7-17)20-8-2-3-14(20)15(21)19-13-4-9-23-10-5-13;/h13-14H,2-12H2,1H3,(H,18,22)(H,19,21);1H/t14-;/m0./s1. The third kappa shape index (κ3) is 4.27. The Morgan fingerprint density at radius 3 is 2.32 bits per heavy atom. The van der Waals surface area contributed by atoms with E-state index in [2.05, 4.69) is 15.5 Å². The van der Waals surface area contributed by atoms with Crippen molar-refractivity contribution >= 4 is 24.2 Å². The molecule has 2 amide bonds. The molecule has 3 saturated heterocycles. The summed E-state index contributed by atoms with van der Waals surface area (Å²) in [5, 5.41) is 5.99. The minimum Gasteiger partial charge on any atom is -0.381 e. The van der Waals surface area contributed by atoms with E-state index < -0.39 is 5.54 Å². The first-order chi connectivity index (χ1) is 11.7. The number of amides is 2. The number of likely N-dealkylation sites (tertiary alicyclic amines) is 1. The van der Waals surface area contributed by atoms with Crippen LogP contribution in [0.4, 0.5) is 0 Å². The number of rotatable bonds is 4. The molecule has 3 rings (SSSR count). The van der Waals surface area contributed by atoms with Crippen molar-refractivity contribution < 1.29 is 19.1 Å². The Bertz CT molecular complexity index is 465. The van der Waals surface area contributed by atoms with Crippen LogP contribution in [-0.2, 0) is 19.1 Å². The fourth-order valence-electron chi connectivity index (χ4n) is 4.28. The highest BCUT2D eigenvalue weighted by Gasteiger charge is 2.50. The second kappa shape index (κ2) is 9.16. The predicted molar refractivity (Wildman–Crippen MR) is 95.8 cm³/mol. The van der Waals surface area contributed by atoms with E-state index in [4.69, 9.17) is 9.47 Å². The summed E-state index contributed by atoms with van der Waals surface area (Å²) in [5.74, 6) is 0.0748. The molecule has 8 heteroatoms. The zero-order valence-corrected chi connectivity index (χ0v) is 15.7. The Labute approximate surface area is 155 Å². The summed E-state index contributed by atoms with van der Waals surface area (Å²) in [5.41, 5.74) is -0.610. The highest BCUT2D eigenvalue weighted by molar-refractivity contribution is 5.88. The van der Waals surface area contributed by atoms with Crippen molar-refractivity contribution in [3.05, 3.63) is 0 Å².